The molecule has 2 aromatic carbocycles. The Kier molecular flexibility index (Phi) is 4.24. The molecule has 3 heterocycles. The number of hydrogen-bond donors (Lipinski definition) is 1. The molecular formula is C23H24N4O. The minimum atomic E-state index is 0.131. The second-order valence-corrected chi connectivity index (χ2v) is 7.78. The van der Waals surface area contributed by atoms with Crippen molar-refractivity contribution in [2.75, 3.05) is 24.5 Å². The first-order valence-electron chi connectivity index (χ1n) is 9.95. The smallest absolute Gasteiger partial charge is 0.256 e. The summed E-state index contributed by atoms with van der Waals surface area (Å²) in [6, 6.07) is 18.7. The Labute approximate surface area is 164 Å². The van der Waals surface area contributed by atoms with Gasteiger partial charge in [-0.05, 0) is 30.2 Å². The molecule has 28 heavy (non-hydrogen) atoms. The van der Waals surface area contributed by atoms with Crippen molar-refractivity contribution in [3.8, 4) is 0 Å². The lowest BCUT2D eigenvalue weighted by Gasteiger charge is -2.21. The molecule has 1 saturated heterocycles. The molecule has 3 aromatic rings. The van der Waals surface area contributed by atoms with Gasteiger partial charge in [0, 0.05) is 55.4 Å². The summed E-state index contributed by atoms with van der Waals surface area (Å²) in [7, 11) is 0. The van der Waals surface area contributed by atoms with Crippen LogP contribution < -0.4 is 10.6 Å². The molecule has 0 spiro atoms. The third-order valence-electron chi connectivity index (χ3n) is 5.85. The van der Waals surface area contributed by atoms with Crippen LogP contribution in [0.15, 0.2) is 54.6 Å². The molecular weight excluding hydrogens is 348 g/mol. The fourth-order valence-corrected chi connectivity index (χ4v) is 4.35. The Hall–Kier alpha value is -2.92. The molecule has 2 aliphatic heterocycles. The predicted octanol–water partition coefficient (Wildman–Crippen LogP) is 2.97. The molecule has 5 nitrogen and oxygen atoms in total. The highest BCUT2D eigenvalue weighted by molar-refractivity contribution is 6.03. The van der Waals surface area contributed by atoms with E-state index in [4.69, 9.17) is 10.7 Å². The largest absolute Gasteiger partial charge is 0.369 e. The summed E-state index contributed by atoms with van der Waals surface area (Å²) in [6.07, 6.45) is 1.74. The quantitative estimate of drug-likeness (QED) is 0.765. The van der Waals surface area contributed by atoms with Crippen LogP contribution in [0.25, 0.3) is 10.9 Å². The lowest BCUT2D eigenvalue weighted by Crippen LogP contribution is -2.29. The number of nitrogens with two attached hydrogens (primary N) is 1. The molecule has 2 N–H and O–H groups in total. The summed E-state index contributed by atoms with van der Waals surface area (Å²) in [4.78, 5) is 22.1. The van der Waals surface area contributed by atoms with Gasteiger partial charge in [-0.25, -0.2) is 0 Å². The second-order valence-electron chi connectivity index (χ2n) is 7.78. The summed E-state index contributed by atoms with van der Waals surface area (Å²) < 4.78 is 0. The van der Waals surface area contributed by atoms with Crippen molar-refractivity contribution in [2.24, 2.45) is 5.73 Å². The van der Waals surface area contributed by atoms with Crippen molar-refractivity contribution in [2.45, 2.75) is 25.4 Å². The Morgan fingerprint density at radius 3 is 2.82 bits per heavy atom. The maximum atomic E-state index is 13.1. The molecule has 0 radical (unpaired) electrons. The number of fused-ring (bicyclic) bond motifs is 2. The third-order valence-corrected chi connectivity index (χ3v) is 5.85. The lowest BCUT2D eigenvalue weighted by atomic mass is 10.1. The van der Waals surface area contributed by atoms with Gasteiger partial charge < -0.3 is 15.5 Å². The van der Waals surface area contributed by atoms with E-state index < -0.39 is 0 Å². The van der Waals surface area contributed by atoms with Gasteiger partial charge >= 0.3 is 0 Å². The first-order valence-corrected chi connectivity index (χ1v) is 9.95. The maximum Gasteiger partial charge on any atom is 0.256 e. The Bertz CT molecular complexity index is 1050. The van der Waals surface area contributed by atoms with E-state index in [0.29, 0.717) is 13.1 Å². The number of hydrogen-bond acceptors (Lipinski definition) is 4. The van der Waals surface area contributed by atoms with Gasteiger partial charge in [-0.2, -0.15) is 0 Å². The van der Waals surface area contributed by atoms with Crippen molar-refractivity contribution in [1.29, 1.82) is 0 Å². The molecule has 0 saturated carbocycles. The van der Waals surface area contributed by atoms with E-state index in [9.17, 15) is 4.79 Å². The van der Waals surface area contributed by atoms with Crippen LogP contribution in [0.2, 0.25) is 0 Å². The van der Waals surface area contributed by atoms with Gasteiger partial charge in [-0.15, -0.1) is 0 Å². The van der Waals surface area contributed by atoms with E-state index in [1.165, 1.54) is 0 Å². The summed E-state index contributed by atoms with van der Waals surface area (Å²) >= 11 is 0. The van der Waals surface area contributed by atoms with Gasteiger partial charge in [0.25, 0.3) is 5.91 Å². The van der Waals surface area contributed by atoms with Gasteiger partial charge in [0.05, 0.1) is 11.1 Å². The van der Waals surface area contributed by atoms with Crippen molar-refractivity contribution in [3.05, 3.63) is 71.4 Å². The second kappa shape index (κ2) is 6.91. The molecule has 1 aromatic heterocycles. The Balaban J connectivity index is 1.33. The molecule has 1 amide bonds. The van der Waals surface area contributed by atoms with Crippen LogP contribution in [0, 0.1) is 0 Å². The summed E-state index contributed by atoms with van der Waals surface area (Å²) in [5.74, 6) is 0.131. The SMILES string of the molecule is NC1CCN(c2cccc3c2C(=O)N(CCc2ccc4ccccc4n2)C3)C1. The number of aromatic nitrogens is 1. The van der Waals surface area contributed by atoms with E-state index in [1.807, 2.05) is 23.1 Å². The summed E-state index contributed by atoms with van der Waals surface area (Å²) in [6.45, 7) is 3.10. The van der Waals surface area contributed by atoms with Gasteiger partial charge in [-0.1, -0.05) is 36.4 Å². The first-order chi connectivity index (χ1) is 13.7. The van der Waals surface area contributed by atoms with Crippen LogP contribution in [0.1, 0.15) is 28.0 Å². The van der Waals surface area contributed by atoms with Crippen LogP contribution in [-0.4, -0.2) is 41.5 Å². The number of anilines is 1. The minimum absolute atomic E-state index is 0.131. The highest BCUT2D eigenvalue weighted by Crippen LogP contribution is 2.33. The number of benzene rings is 2. The molecule has 1 fully saturated rings. The highest BCUT2D eigenvalue weighted by Gasteiger charge is 2.32. The Morgan fingerprint density at radius 1 is 1.07 bits per heavy atom. The zero-order chi connectivity index (χ0) is 19.1. The highest BCUT2D eigenvalue weighted by atomic mass is 16.2. The number of nitrogens with zero attached hydrogens (tertiary/aromatic N) is 3. The number of pyridine rings is 1. The third kappa shape index (κ3) is 3.02. The topological polar surface area (TPSA) is 62.5 Å². The fraction of sp³-hybridized carbons (Fsp3) is 0.304. The molecule has 1 atom stereocenters. The standard InChI is InChI=1S/C23H24N4O/c24-18-10-12-26(15-18)21-7-3-5-17-14-27(23(28)22(17)21)13-11-19-9-8-16-4-1-2-6-20(16)25-19/h1-9,18H,10-15,24H2. The zero-order valence-corrected chi connectivity index (χ0v) is 15.8. The van der Waals surface area contributed by atoms with Gasteiger partial charge in [0.15, 0.2) is 0 Å². The summed E-state index contributed by atoms with van der Waals surface area (Å²) in [5.41, 5.74) is 11.1. The number of para-hydroxylation sites is 1. The van der Waals surface area contributed by atoms with Gasteiger partial charge in [0.1, 0.15) is 0 Å². The van der Waals surface area contributed by atoms with Crippen LogP contribution in [0.3, 0.4) is 0 Å². The Morgan fingerprint density at radius 2 is 1.96 bits per heavy atom. The normalized spacial score (nSPS) is 18.9. The van der Waals surface area contributed by atoms with Crippen molar-refractivity contribution in [3.63, 3.8) is 0 Å². The molecule has 2 aliphatic rings. The molecule has 0 aliphatic carbocycles. The van der Waals surface area contributed by atoms with E-state index in [1.54, 1.807) is 0 Å². The van der Waals surface area contributed by atoms with Gasteiger partial charge in [-0.3, -0.25) is 9.78 Å². The van der Waals surface area contributed by atoms with E-state index in [2.05, 4.69) is 41.3 Å². The van der Waals surface area contributed by atoms with Crippen molar-refractivity contribution >= 4 is 22.5 Å². The average molecular weight is 372 g/mol. The van der Waals surface area contributed by atoms with Crippen LogP contribution in [-0.2, 0) is 13.0 Å². The molecule has 5 rings (SSSR count). The monoisotopic (exact) mass is 372 g/mol. The first kappa shape index (κ1) is 17.2. The number of carbonyl (C=O) groups is 1. The number of carbonyl (C=O) groups excluding carboxylic acids is 1. The predicted molar refractivity (Wildman–Crippen MR) is 111 cm³/mol. The summed E-state index contributed by atoms with van der Waals surface area (Å²) in [5, 5.41) is 1.14. The van der Waals surface area contributed by atoms with E-state index in [-0.39, 0.29) is 11.9 Å². The van der Waals surface area contributed by atoms with Crippen LogP contribution in [0.4, 0.5) is 5.69 Å². The van der Waals surface area contributed by atoms with Crippen molar-refractivity contribution < 1.29 is 4.79 Å². The molecule has 5 heteroatoms. The van der Waals surface area contributed by atoms with Crippen LogP contribution in [0.5, 0.6) is 0 Å². The number of rotatable bonds is 4. The zero-order valence-electron chi connectivity index (χ0n) is 15.8. The van der Waals surface area contributed by atoms with Crippen molar-refractivity contribution in [1.82, 2.24) is 9.88 Å². The van der Waals surface area contributed by atoms with Crippen LogP contribution >= 0.6 is 0 Å². The lowest BCUT2D eigenvalue weighted by molar-refractivity contribution is 0.0780. The molecule has 0 bridgehead atoms. The number of amides is 1. The fourth-order valence-electron chi connectivity index (χ4n) is 4.35. The molecule has 1 unspecified atom stereocenters. The van der Waals surface area contributed by atoms with E-state index >= 15 is 0 Å². The minimum Gasteiger partial charge on any atom is -0.369 e. The van der Waals surface area contributed by atoms with E-state index in [0.717, 1.165) is 59.3 Å². The molecule has 142 valence electrons. The van der Waals surface area contributed by atoms with Gasteiger partial charge in [0.2, 0.25) is 0 Å². The maximum absolute atomic E-state index is 13.1. The average Bonchev–Trinajstić information content (AvgIpc) is 3.29.